The third-order valence-electron chi connectivity index (χ3n) is 6.64. The van der Waals surface area contributed by atoms with E-state index in [0.717, 1.165) is 23.4 Å². The summed E-state index contributed by atoms with van der Waals surface area (Å²) >= 11 is 0. The van der Waals surface area contributed by atoms with E-state index in [1.54, 1.807) is 4.68 Å². The quantitative estimate of drug-likeness (QED) is 0.624. The molecule has 2 aliphatic rings. The van der Waals surface area contributed by atoms with Gasteiger partial charge < -0.3 is 9.80 Å². The minimum absolute atomic E-state index is 0.00131. The molecule has 1 aromatic heterocycles. The number of carbonyl (C=O) groups excluding carboxylic acids is 2. The zero-order valence-corrected chi connectivity index (χ0v) is 18.7. The molecule has 0 spiro atoms. The fourth-order valence-corrected chi connectivity index (χ4v) is 5.21. The fourth-order valence-electron chi connectivity index (χ4n) is 5.21. The lowest BCUT2D eigenvalue weighted by Crippen LogP contribution is -2.43. The first-order valence-electron chi connectivity index (χ1n) is 11.3. The van der Waals surface area contributed by atoms with E-state index in [4.69, 9.17) is 5.10 Å². The number of likely N-dealkylation sites (tertiary alicyclic amines) is 1. The number of hydrogen-bond acceptors (Lipinski definition) is 3. The smallest absolute Gasteiger partial charge is 0.273 e. The second-order valence-electron chi connectivity index (χ2n) is 9.06. The molecular formula is C26H28N4O2. The SMILES string of the molecule is Cc1nn(-c2ccccc2)c2c1C(C(C)C)N(C1CCN(C(=O)c3ccccc3)C1)C2=O. The van der Waals surface area contributed by atoms with E-state index in [-0.39, 0.29) is 29.8 Å². The molecule has 1 fully saturated rings. The highest BCUT2D eigenvalue weighted by Crippen LogP contribution is 2.43. The minimum atomic E-state index is -0.0354. The van der Waals surface area contributed by atoms with Gasteiger partial charge in [-0.2, -0.15) is 5.10 Å². The zero-order chi connectivity index (χ0) is 22.4. The monoisotopic (exact) mass is 428 g/mol. The molecule has 6 nitrogen and oxygen atoms in total. The Morgan fingerprint density at radius 2 is 1.69 bits per heavy atom. The summed E-state index contributed by atoms with van der Waals surface area (Å²) in [6, 6.07) is 19.2. The van der Waals surface area contributed by atoms with Crippen LogP contribution in [0.25, 0.3) is 5.69 Å². The van der Waals surface area contributed by atoms with E-state index < -0.39 is 0 Å². The molecule has 32 heavy (non-hydrogen) atoms. The summed E-state index contributed by atoms with van der Waals surface area (Å²) in [7, 11) is 0. The van der Waals surface area contributed by atoms with E-state index in [2.05, 4.69) is 13.8 Å². The lowest BCUT2D eigenvalue weighted by molar-refractivity contribution is 0.0549. The highest BCUT2D eigenvalue weighted by atomic mass is 16.2. The van der Waals surface area contributed by atoms with Crippen molar-refractivity contribution in [2.75, 3.05) is 13.1 Å². The third-order valence-corrected chi connectivity index (χ3v) is 6.64. The van der Waals surface area contributed by atoms with E-state index in [9.17, 15) is 9.59 Å². The van der Waals surface area contributed by atoms with Gasteiger partial charge in [-0.05, 0) is 43.5 Å². The first-order valence-corrected chi connectivity index (χ1v) is 11.3. The van der Waals surface area contributed by atoms with Gasteiger partial charge in [0.1, 0.15) is 5.69 Å². The third kappa shape index (κ3) is 3.22. The van der Waals surface area contributed by atoms with Crippen LogP contribution in [-0.4, -0.2) is 50.5 Å². The molecule has 0 saturated carbocycles. The molecule has 5 rings (SSSR count). The van der Waals surface area contributed by atoms with Crippen LogP contribution in [0.2, 0.25) is 0 Å². The van der Waals surface area contributed by atoms with Crippen LogP contribution in [0.4, 0.5) is 0 Å². The molecule has 2 aliphatic heterocycles. The first-order chi connectivity index (χ1) is 15.5. The average Bonchev–Trinajstić information content (AvgIpc) is 3.49. The van der Waals surface area contributed by atoms with Gasteiger partial charge in [-0.25, -0.2) is 4.68 Å². The number of hydrogen-bond donors (Lipinski definition) is 0. The molecule has 1 saturated heterocycles. The molecule has 164 valence electrons. The van der Waals surface area contributed by atoms with Crippen molar-refractivity contribution in [3.63, 3.8) is 0 Å². The molecule has 0 N–H and O–H groups in total. The van der Waals surface area contributed by atoms with Crippen LogP contribution in [0.1, 0.15) is 58.4 Å². The molecular weight excluding hydrogens is 400 g/mol. The number of benzene rings is 2. The van der Waals surface area contributed by atoms with Gasteiger partial charge >= 0.3 is 0 Å². The van der Waals surface area contributed by atoms with Crippen LogP contribution >= 0.6 is 0 Å². The maximum absolute atomic E-state index is 13.8. The van der Waals surface area contributed by atoms with E-state index >= 15 is 0 Å². The largest absolute Gasteiger partial charge is 0.337 e. The number of para-hydroxylation sites is 1. The Morgan fingerprint density at radius 3 is 2.34 bits per heavy atom. The molecule has 0 aliphatic carbocycles. The second-order valence-corrected chi connectivity index (χ2v) is 9.06. The van der Waals surface area contributed by atoms with Crippen LogP contribution in [0, 0.1) is 12.8 Å². The van der Waals surface area contributed by atoms with Crippen molar-refractivity contribution >= 4 is 11.8 Å². The Morgan fingerprint density at radius 1 is 1.03 bits per heavy atom. The second kappa shape index (κ2) is 7.93. The summed E-state index contributed by atoms with van der Waals surface area (Å²) in [5.41, 5.74) is 4.18. The highest BCUT2D eigenvalue weighted by molar-refractivity contribution is 5.99. The van der Waals surface area contributed by atoms with Gasteiger partial charge in [0.05, 0.1) is 23.5 Å². The summed E-state index contributed by atoms with van der Waals surface area (Å²) in [6.45, 7) is 7.52. The van der Waals surface area contributed by atoms with Gasteiger partial charge in [-0.15, -0.1) is 0 Å². The summed E-state index contributed by atoms with van der Waals surface area (Å²) in [5.74, 6) is 0.290. The van der Waals surface area contributed by atoms with Crippen LogP contribution < -0.4 is 0 Å². The fraction of sp³-hybridized carbons (Fsp3) is 0.346. The van der Waals surface area contributed by atoms with E-state index in [0.29, 0.717) is 24.3 Å². The van der Waals surface area contributed by atoms with Crippen LogP contribution in [0.15, 0.2) is 60.7 Å². The predicted molar refractivity (Wildman–Crippen MR) is 123 cm³/mol. The molecule has 2 atom stereocenters. The van der Waals surface area contributed by atoms with Crippen molar-refractivity contribution in [3.8, 4) is 5.69 Å². The Bertz CT molecular complexity index is 1150. The summed E-state index contributed by atoms with van der Waals surface area (Å²) in [4.78, 5) is 30.7. The maximum atomic E-state index is 13.8. The van der Waals surface area contributed by atoms with Crippen molar-refractivity contribution in [3.05, 3.63) is 83.2 Å². The van der Waals surface area contributed by atoms with Crippen molar-refractivity contribution in [2.24, 2.45) is 5.92 Å². The molecule has 6 heteroatoms. The number of aryl methyl sites for hydroxylation is 1. The zero-order valence-electron chi connectivity index (χ0n) is 18.7. The molecule has 0 bridgehead atoms. The lowest BCUT2D eigenvalue weighted by Gasteiger charge is -2.33. The average molecular weight is 429 g/mol. The van der Waals surface area contributed by atoms with Gasteiger partial charge in [-0.1, -0.05) is 50.2 Å². The Hall–Kier alpha value is -3.41. The van der Waals surface area contributed by atoms with Crippen molar-refractivity contribution in [1.82, 2.24) is 19.6 Å². The maximum Gasteiger partial charge on any atom is 0.273 e. The van der Waals surface area contributed by atoms with E-state index in [1.807, 2.05) is 77.4 Å². The molecule has 3 aromatic rings. The number of aromatic nitrogens is 2. The number of rotatable bonds is 4. The number of fused-ring (bicyclic) bond motifs is 1. The summed E-state index contributed by atoms with van der Waals surface area (Å²) < 4.78 is 1.80. The molecule has 2 amide bonds. The van der Waals surface area contributed by atoms with Gasteiger partial charge in [0, 0.05) is 24.2 Å². The predicted octanol–water partition coefficient (Wildman–Crippen LogP) is 4.25. The minimum Gasteiger partial charge on any atom is -0.337 e. The van der Waals surface area contributed by atoms with Crippen LogP contribution in [0.3, 0.4) is 0 Å². The highest BCUT2D eigenvalue weighted by Gasteiger charge is 2.48. The molecule has 2 unspecified atom stereocenters. The number of nitrogens with zero attached hydrogens (tertiary/aromatic N) is 4. The lowest BCUT2D eigenvalue weighted by atomic mass is 9.95. The standard InChI is InChI=1S/C26H28N4O2/c1-17(2)23-22-18(3)27-30(20-12-8-5-9-13-20)24(22)26(32)29(23)21-14-15-28(16-21)25(31)19-10-6-4-7-11-19/h4-13,17,21,23H,14-16H2,1-3H3. The van der Waals surface area contributed by atoms with Crippen LogP contribution in [-0.2, 0) is 0 Å². The normalized spacial score (nSPS) is 20.3. The summed E-state index contributed by atoms with van der Waals surface area (Å²) in [5, 5.41) is 4.73. The first kappa shape index (κ1) is 20.5. The van der Waals surface area contributed by atoms with Crippen molar-refractivity contribution in [2.45, 2.75) is 39.3 Å². The number of amides is 2. The Labute approximate surface area is 188 Å². The Kier molecular flexibility index (Phi) is 5.08. The van der Waals surface area contributed by atoms with Gasteiger partial charge in [-0.3, -0.25) is 9.59 Å². The van der Waals surface area contributed by atoms with Gasteiger partial charge in [0.15, 0.2) is 0 Å². The molecule has 3 heterocycles. The van der Waals surface area contributed by atoms with Crippen molar-refractivity contribution in [1.29, 1.82) is 0 Å². The van der Waals surface area contributed by atoms with Gasteiger partial charge in [0.2, 0.25) is 0 Å². The Balaban J connectivity index is 1.47. The molecule has 2 aromatic carbocycles. The van der Waals surface area contributed by atoms with Crippen molar-refractivity contribution < 1.29 is 9.59 Å². The van der Waals surface area contributed by atoms with Crippen LogP contribution in [0.5, 0.6) is 0 Å². The number of carbonyl (C=O) groups is 2. The van der Waals surface area contributed by atoms with E-state index in [1.165, 1.54) is 0 Å². The van der Waals surface area contributed by atoms with Gasteiger partial charge in [0.25, 0.3) is 11.8 Å². The topological polar surface area (TPSA) is 58.4 Å². The molecule has 0 radical (unpaired) electrons. The summed E-state index contributed by atoms with van der Waals surface area (Å²) in [6.07, 6.45) is 0.787.